The van der Waals surface area contributed by atoms with E-state index in [4.69, 9.17) is 0 Å². The molecule has 0 bridgehead atoms. The third kappa shape index (κ3) is 4.65. The predicted molar refractivity (Wildman–Crippen MR) is 89.5 cm³/mol. The van der Waals surface area contributed by atoms with Crippen molar-refractivity contribution in [1.82, 2.24) is 35.8 Å². The zero-order valence-electron chi connectivity index (χ0n) is 14.2. The molecule has 0 radical (unpaired) electrons. The molecule has 2 aromatic heterocycles. The molecule has 1 aliphatic carbocycles. The first-order chi connectivity index (χ1) is 12.1. The molecule has 0 aromatic carbocycles. The van der Waals surface area contributed by atoms with Crippen molar-refractivity contribution in [3.63, 3.8) is 0 Å². The first kappa shape index (κ1) is 17.1. The molecule has 9 heteroatoms. The van der Waals surface area contributed by atoms with Crippen LogP contribution in [0.4, 0.5) is 0 Å². The van der Waals surface area contributed by atoms with Crippen molar-refractivity contribution in [3.05, 3.63) is 29.8 Å². The minimum absolute atomic E-state index is 0.0506. The van der Waals surface area contributed by atoms with E-state index < -0.39 is 0 Å². The van der Waals surface area contributed by atoms with Crippen LogP contribution >= 0.6 is 0 Å². The smallest absolute Gasteiger partial charge is 0.271 e. The lowest BCUT2D eigenvalue weighted by Gasteiger charge is -2.14. The maximum atomic E-state index is 12.2. The fourth-order valence-electron chi connectivity index (χ4n) is 3.16. The molecule has 1 aliphatic rings. The minimum atomic E-state index is -0.151. The molecule has 2 amide bonds. The van der Waals surface area contributed by atoms with Crippen LogP contribution in [0.3, 0.4) is 0 Å². The van der Waals surface area contributed by atoms with Gasteiger partial charge in [0.05, 0.1) is 12.4 Å². The number of nitrogens with one attached hydrogen (secondary N) is 3. The van der Waals surface area contributed by atoms with Crippen LogP contribution in [0.5, 0.6) is 0 Å². The number of carbonyl (C=O) groups excluding carboxylic acids is 2. The summed E-state index contributed by atoms with van der Waals surface area (Å²) < 4.78 is 1.46. The van der Waals surface area contributed by atoms with Crippen LogP contribution < -0.4 is 10.6 Å². The highest BCUT2D eigenvalue weighted by Gasteiger charge is 2.27. The highest BCUT2D eigenvalue weighted by molar-refractivity contribution is 5.92. The summed E-state index contributed by atoms with van der Waals surface area (Å²) in [6.45, 7) is 0.657. The molecule has 2 aromatic rings. The van der Waals surface area contributed by atoms with Gasteiger partial charge in [0.25, 0.3) is 5.91 Å². The van der Waals surface area contributed by atoms with Crippen molar-refractivity contribution in [3.8, 4) is 0 Å². The Morgan fingerprint density at radius 2 is 2.24 bits per heavy atom. The van der Waals surface area contributed by atoms with E-state index in [0.717, 1.165) is 24.8 Å². The molecular formula is C16H23N7O2. The molecule has 0 aliphatic heterocycles. The lowest BCUT2D eigenvalue weighted by atomic mass is 10.1. The van der Waals surface area contributed by atoms with Gasteiger partial charge >= 0.3 is 0 Å². The van der Waals surface area contributed by atoms with Gasteiger partial charge in [-0.3, -0.25) is 14.7 Å². The second kappa shape index (κ2) is 7.91. The van der Waals surface area contributed by atoms with Gasteiger partial charge in [0.2, 0.25) is 5.91 Å². The number of hydrogen-bond donors (Lipinski definition) is 3. The van der Waals surface area contributed by atoms with Crippen molar-refractivity contribution in [2.24, 2.45) is 13.0 Å². The van der Waals surface area contributed by atoms with Crippen molar-refractivity contribution < 1.29 is 9.59 Å². The van der Waals surface area contributed by atoms with E-state index in [-0.39, 0.29) is 17.9 Å². The third-order valence-corrected chi connectivity index (χ3v) is 4.61. The van der Waals surface area contributed by atoms with Gasteiger partial charge in [-0.05, 0) is 37.2 Å². The van der Waals surface area contributed by atoms with E-state index in [2.05, 4.69) is 31.1 Å². The second-order valence-corrected chi connectivity index (χ2v) is 6.50. The lowest BCUT2D eigenvalue weighted by Crippen LogP contribution is -2.35. The van der Waals surface area contributed by atoms with Crippen LogP contribution in [0.2, 0.25) is 0 Å². The van der Waals surface area contributed by atoms with E-state index in [1.54, 1.807) is 19.4 Å². The van der Waals surface area contributed by atoms with Gasteiger partial charge in [0.1, 0.15) is 5.69 Å². The molecule has 3 N–H and O–H groups in total. The zero-order chi connectivity index (χ0) is 17.6. The quantitative estimate of drug-likeness (QED) is 0.662. The number of aryl methyl sites for hydroxylation is 2. The number of aromatic nitrogens is 5. The van der Waals surface area contributed by atoms with Gasteiger partial charge in [-0.2, -0.15) is 5.10 Å². The highest BCUT2D eigenvalue weighted by Crippen LogP contribution is 2.25. The fourth-order valence-corrected chi connectivity index (χ4v) is 3.16. The van der Waals surface area contributed by atoms with E-state index in [1.165, 1.54) is 10.9 Å². The topological polar surface area (TPSA) is 118 Å². The maximum absolute atomic E-state index is 12.2. The third-order valence-electron chi connectivity index (χ3n) is 4.61. The van der Waals surface area contributed by atoms with Crippen LogP contribution in [0.15, 0.2) is 18.6 Å². The van der Waals surface area contributed by atoms with Gasteiger partial charge < -0.3 is 10.6 Å². The molecule has 1 saturated carbocycles. The number of rotatable bonds is 7. The van der Waals surface area contributed by atoms with Crippen molar-refractivity contribution >= 4 is 11.8 Å². The Morgan fingerprint density at radius 3 is 2.96 bits per heavy atom. The van der Waals surface area contributed by atoms with Crippen LogP contribution in [-0.2, 0) is 18.3 Å². The number of nitrogens with zero attached hydrogens (tertiary/aromatic N) is 4. The number of H-pyrrole nitrogens is 1. The lowest BCUT2D eigenvalue weighted by molar-refractivity contribution is -0.121. The van der Waals surface area contributed by atoms with Crippen molar-refractivity contribution in [1.29, 1.82) is 0 Å². The summed E-state index contributed by atoms with van der Waals surface area (Å²) in [6.07, 6.45) is 8.93. The Labute approximate surface area is 145 Å². The monoisotopic (exact) mass is 345 g/mol. The Morgan fingerprint density at radius 1 is 1.36 bits per heavy atom. The molecule has 3 rings (SSSR count). The summed E-state index contributed by atoms with van der Waals surface area (Å²) >= 11 is 0. The second-order valence-electron chi connectivity index (χ2n) is 6.50. The minimum Gasteiger partial charge on any atom is -0.356 e. The largest absolute Gasteiger partial charge is 0.356 e. The molecule has 2 heterocycles. The van der Waals surface area contributed by atoms with Crippen LogP contribution in [0.25, 0.3) is 0 Å². The molecule has 1 fully saturated rings. The molecule has 0 saturated heterocycles. The zero-order valence-corrected chi connectivity index (χ0v) is 14.2. The SMILES string of the molecule is Cn1nncc1C(=O)NC1CCC(CNC(=O)CCc2cn[nH]c2)C1. The highest BCUT2D eigenvalue weighted by atomic mass is 16.2. The molecule has 25 heavy (non-hydrogen) atoms. The Hall–Kier alpha value is -2.71. The molecular weight excluding hydrogens is 322 g/mol. The van der Waals surface area contributed by atoms with E-state index in [0.29, 0.717) is 31.0 Å². The number of hydrogen-bond acceptors (Lipinski definition) is 5. The summed E-state index contributed by atoms with van der Waals surface area (Å²) in [7, 11) is 1.69. The van der Waals surface area contributed by atoms with Gasteiger partial charge in [0, 0.05) is 32.3 Å². The summed E-state index contributed by atoms with van der Waals surface area (Å²) in [4.78, 5) is 24.1. The Balaban J connectivity index is 1.36. The standard InChI is InChI=1S/C16H23N7O2/c1-23-14(10-20-22-23)16(25)21-13-4-2-11(6-13)7-17-15(24)5-3-12-8-18-19-9-12/h8-11,13H,2-7H2,1H3,(H,17,24)(H,18,19)(H,21,25). The Bertz CT molecular complexity index is 710. The number of carbonyl (C=O) groups is 2. The number of aromatic amines is 1. The molecule has 0 spiro atoms. The van der Waals surface area contributed by atoms with E-state index in [9.17, 15) is 9.59 Å². The molecule has 2 unspecified atom stereocenters. The predicted octanol–water partition coefficient (Wildman–Crippen LogP) is 0.186. The van der Waals surface area contributed by atoms with Gasteiger partial charge in [-0.1, -0.05) is 5.21 Å². The first-order valence-electron chi connectivity index (χ1n) is 8.51. The van der Waals surface area contributed by atoms with E-state index in [1.807, 2.05) is 0 Å². The average Bonchev–Trinajstić information content (AvgIpc) is 3.33. The summed E-state index contributed by atoms with van der Waals surface area (Å²) in [6, 6.07) is 0.134. The fraction of sp³-hybridized carbons (Fsp3) is 0.562. The van der Waals surface area contributed by atoms with Crippen molar-refractivity contribution in [2.45, 2.75) is 38.1 Å². The van der Waals surface area contributed by atoms with Crippen molar-refractivity contribution in [2.75, 3.05) is 6.54 Å². The summed E-state index contributed by atoms with van der Waals surface area (Å²) in [5, 5.41) is 20.1. The molecule has 2 atom stereocenters. The van der Waals surface area contributed by atoms with Crippen LogP contribution in [-0.4, -0.2) is 49.6 Å². The van der Waals surface area contributed by atoms with Gasteiger partial charge in [-0.15, -0.1) is 5.10 Å². The van der Waals surface area contributed by atoms with Gasteiger partial charge in [0.15, 0.2) is 0 Å². The molecule has 134 valence electrons. The summed E-state index contributed by atoms with van der Waals surface area (Å²) in [5.74, 6) is 0.296. The van der Waals surface area contributed by atoms with Crippen LogP contribution in [0.1, 0.15) is 41.7 Å². The van der Waals surface area contributed by atoms with E-state index >= 15 is 0 Å². The number of amides is 2. The average molecular weight is 345 g/mol. The van der Waals surface area contributed by atoms with Gasteiger partial charge in [-0.25, -0.2) is 4.68 Å². The maximum Gasteiger partial charge on any atom is 0.271 e. The first-order valence-corrected chi connectivity index (χ1v) is 8.51. The van der Waals surface area contributed by atoms with Crippen LogP contribution in [0, 0.1) is 5.92 Å². The normalized spacial score (nSPS) is 19.7. The summed E-state index contributed by atoms with van der Waals surface area (Å²) in [5.41, 5.74) is 1.49. The Kier molecular flexibility index (Phi) is 5.42. The molecule has 9 nitrogen and oxygen atoms in total.